The van der Waals surface area contributed by atoms with Gasteiger partial charge in [-0.3, -0.25) is 5.43 Å². The number of phenolic OH excluding ortho intramolecular Hbond substituents is 1. The lowest BCUT2D eigenvalue weighted by molar-refractivity contribution is 0.475. The van der Waals surface area contributed by atoms with Crippen molar-refractivity contribution in [2.75, 3.05) is 0 Å². The number of rotatable bonds is 3. The number of para-hydroxylation sites is 1. The molecule has 2 aromatic carbocycles. The van der Waals surface area contributed by atoms with Gasteiger partial charge in [-0.1, -0.05) is 18.2 Å². The second-order valence-electron chi connectivity index (χ2n) is 4.74. The second kappa shape index (κ2) is 5.87. The van der Waals surface area contributed by atoms with Gasteiger partial charge in [-0.2, -0.15) is 5.10 Å². The quantitative estimate of drug-likeness (QED) is 0.340. The summed E-state index contributed by atoms with van der Waals surface area (Å²) in [7, 11) is 0. The summed E-state index contributed by atoms with van der Waals surface area (Å²) in [6, 6.07) is 14.9. The number of thiocarbonyl (C=S) groups is 1. The predicted molar refractivity (Wildman–Crippen MR) is 92.9 cm³/mol. The Hall–Kier alpha value is -2.86. The molecule has 0 bridgehead atoms. The molecule has 0 aliphatic rings. The van der Waals surface area contributed by atoms with Crippen LogP contribution in [0, 0.1) is 0 Å². The molecule has 0 saturated carbocycles. The van der Waals surface area contributed by atoms with E-state index in [-0.39, 0.29) is 10.9 Å². The Balaban J connectivity index is 2.13. The van der Waals surface area contributed by atoms with Gasteiger partial charge in [0.05, 0.1) is 11.9 Å². The van der Waals surface area contributed by atoms with Crippen LogP contribution >= 0.6 is 12.2 Å². The highest BCUT2D eigenvalue weighted by atomic mass is 32.1. The summed E-state index contributed by atoms with van der Waals surface area (Å²) in [6.45, 7) is 0. The van der Waals surface area contributed by atoms with Gasteiger partial charge in [0.25, 0.3) is 0 Å². The average Bonchev–Trinajstić information content (AvgIpc) is 2.87. The number of nitrogens with one attached hydrogen (secondary N) is 2. The standard InChI is InChI=1S/C16H14N4OS/c17-16(22)20-18-9-13-12-3-1-2-4-14(12)19-15(13)10-5-7-11(21)8-6-10/h1-9,19,21H,(H3,17,20,22)/b18-9+. The van der Waals surface area contributed by atoms with Crippen molar-refractivity contribution in [1.29, 1.82) is 0 Å². The van der Waals surface area contributed by atoms with Crippen LogP contribution in [0.15, 0.2) is 53.6 Å². The lowest BCUT2D eigenvalue weighted by Crippen LogP contribution is -2.24. The minimum atomic E-state index is 0.113. The number of nitrogens with two attached hydrogens (primary N) is 1. The molecule has 0 aliphatic carbocycles. The lowest BCUT2D eigenvalue weighted by Gasteiger charge is -2.02. The number of hydrogen-bond donors (Lipinski definition) is 4. The predicted octanol–water partition coefficient (Wildman–Crippen LogP) is 2.71. The molecule has 22 heavy (non-hydrogen) atoms. The fourth-order valence-corrected chi connectivity index (χ4v) is 2.37. The minimum absolute atomic E-state index is 0.113. The number of nitrogens with zero attached hydrogens (tertiary/aromatic N) is 1. The SMILES string of the molecule is NC(=S)N/N=C/c1c(-c2ccc(O)cc2)[nH]c2ccccc12. The highest BCUT2D eigenvalue weighted by Crippen LogP contribution is 2.29. The van der Waals surface area contributed by atoms with E-state index in [4.69, 9.17) is 18.0 Å². The molecule has 0 amide bonds. The summed E-state index contributed by atoms with van der Waals surface area (Å²) >= 11 is 4.74. The Labute approximate surface area is 132 Å². The van der Waals surface area contributed by atoms with Crippen molar-refractivity contribution in [3.63, 3.8) is 0 Å². The summed E-state index contributed by atoms with van der Waals surface area (Å²) in [5, 5.41) is 14.7. The van der Waals surface area contributed by atoms with E-state index in [0.717, 1.165) is 27.7 Å². The molecule has 0 unspecified atom stereocenters. The molecular formula is C16H14N4OS. The maximum Gasteiger partial charge on any atom is 0.184 e. The molecule has 3 aromatic rings. The van der Waals surface area contributed by atoms with E-state index < -0.39 is 0 Å². The smallest absolute Gasteiger partial charge is 0.184 e. The average molecular weight is 310 g/mol. The molecule has 3 rings (SSSR count). The highest BCUT2D eigenvalue weighted by Gasteiger charge is 2.11. The minimum Gasteiger partial charge on any atom is -0.508 e. The molecule has 5 nitrogen and oxygen atoms in total. The maximum atomic E-state index is 9.44. The zero-order valence-corrected chi connectivity index (χ0v) is 12.4. The number of aromatic nitrogens is 1. The van der Waals surface area contributed by atoms with Gasteiger partial charge in [-0.15, -0.1) is 0 Å². The summed E-state index contributed by atoms with van der Waals surface area (Å²) in [6.07, 6.45) is 1.68. The van der Waals surface area contributed by atoms with Crippen molar-refractivity contribution in [3.05, 3.63) is 54.1 Å². The van der Waals surface area contributed by atoms with Gasteiger partial charge in [0.15, 0.2) is 5.11 Å². The summed E-state index contributed by atoms with van der Waals surface area (Å²) in [5.41, 5.74) is 11.7. The zero-order valence-electron chi connectivity index (χ0n) is 11.6. The van der Waals surface area contributed by atoms with Crippen molar-refractivity contribution in [3.8, 4) is 17.0 Å². The third-order valence-corrected chi connectivity index (χ3v) is 3.36. The van der Waals surface area contributed by atoms with Gasteiger partial charge in [0.2, 0.25) is 0 Å². The molecule has 6 heteroatoms. The van der Waals surface area contributed by atoms with Crippen molar-refractivity contribution < 1.29 is 5.11 Å². The molecule has 0 aliphatic heterocycles. The normalized spacial score (nSPS) is 11.1. The first-order chi connectivity index (χ1) is 10.6. The molecule has 0 spiro atoms. The number of hydrazone groups is 1. The summed E-state index contributed by atoms with van der Waals surface area (Å²) in [4.78, 5) is 3.37. The van der Waals surface area contributed by atoms with Gasteiger partial charge < -0.3 is 15.8 Å². The van der Waals surface area contributed by atoms with Gasteiger partial charge in [0, 0.05) is 16.5 Å². The Kier molecular flexibility index (Phi) is 3.76. The van der Waals surface area contributed by atoms with Crippen LogP contribution in [0.1, 0.15) is 5.56 Å². The molecule has 0 saturated heterocycles. The third-order valence-electron chi connectivity index (χ3n) is 3.27. The first-order valence-corrected chi connectivity index (χ1v) is 7.04. The van der Waals surface area contributed by atoms with Crippen molar-refractivity contribution in [1.82, 2.24) is 10.4 Å². The van der Waals surface area contributed by atoms with Crippen LogP contribution in [0.3, 0.4) is 0 Å². The summed E-state index contributed by atoms with van der Waals surface area (Å²) < 4.78 is 0. The molecular weight excluding hydrogens is 296 g/mol. The van der Waals surface area contributed by atoms with E-state index in [9.17, 15) is 5.11 Å². The van der Waals surface area contributed by atoms with Crippen molar-refractivity contribution >= 4 is 34.4 Å². The molecule has 0 fully saturated rings. The van der Waals surface area contributed by atoms with Crippen molar-refractivity contribution in [2.24, 2.45) is 10.8 Å². The van der Waals surface area contributed by atoms with Crippen LogP contribution in [-0.2, 0) is 0 Å². The molecule has 0 atom stereocenters. The van der Waals surface area contributed by atoms with Crippen LogP contribution in [0.2, 0.25) is 0 Å². The van der Waals surface area contributed by atoms with Crippen LogP contribution in [0.4, 0.5) is 0 Å². The van der Waals surface area contributed by atoms with Crippen LogP contribution in [0.5, 0.6) is 5.75 Å². The van der Waals surface area contributed by atoms with Gasteiger partial charge in [-0.25, -0.2) is 0 Å². The largest absolute Gasteiger partial charge is 0.508 e. The molecule has 110 valence electrons. The number of aromatic hydroxyl groups is 1. The number of fused-ring (bicyclic) bond motifs is 1. The Morgan fingerprint density at radius 1 is 1.18 bits per heavy atom. The van der Waals surface area contributed by atoms with Gasteiger partial charge >= 0.3 is 0 Å². The third kappa shape index (κ3) is 2.77. The van der Waals surface area contributed by atoms with E-state index in [1.54, 1.807) is 18.3 Å². The topological polar surface area (TPSA) is 86.4 Å². The number of aromatic amines is 1. The first kappa shape index (κ1) is 14.1. The Bertz CT molecular complexity index is 852. The van der Waals surface area contributed by atoms with Gasteiger partial charge in [-0.05, 0) is 48.1 Å². The number of hydrogen-bond acceptors (Lipinski definition) is 3. The fraction of sp³-hybridized carbons (Fsp3) is 0. The van der Waals surface area contributed by atoms with E-state index in [1.165, 1.54) is 0 Å². The number of phenols is 1. The Morgan fingerprint density at radius 3 is 2.64 bits per heavy atom. The number of benzene rings is 2. The summed E-state index contributed by atoms with van der Waals surface area (Å²) in [5.74, 6) is 0.227. The van der Waals surface area contributed by atoms with Crippen LogP contribution in [-0.4, -0.2) is 21.4 Å². The van der Waals surface area contributed by atoms with E-state index in [2.05, 4.69) is 15.5 Å². The van der Waals surface area contributed by atoms with E-state index in [0.29, 0.717) is 0 Å². The second-order valence-corrected chi connectivity index (χ2v) is 5.18. The zero-order chi connectivity index (χ0) is 15.5. The van der Waals surface area contributed by atoms with E-state index >= 15 is 0 Å². The van der Waals surface area contributed by atoms with Crippen LogP contribution < -0.4 is 11.2 Å². The first-order valence-electron chi connectivity index (χ1n) is 6.64. The maximum absolute atomic E-state index is 9.44. The number of H-pyrrole nitrogens is 1. The Morgan fingerprint density at radius 2 is 1.91 bits per heavy atom. The fourth-order valence-electron chi connectivity index (χ4n) is 2.31. The molecule has 5 N–H and O–H groups in total. The van der Waals surface area contributed by atoms with E-state index in [1.807, 2.05) is 36.4 Å². The van der Waals surface area contributed by atoms with Gasteiger partial charge in [0.1, 0.15) is 5.75 Å². The highest BCUT2D eigenvalue weighted by molar-refractivity contribution is 7.80. The monoisotopic (exact) mass is 310 g/mol. The van der Waals surface area contributed by atoms with Crippen molar-refractivity contribution in [2.45, 2.75) is 0 Å². The van der Waals surface area contributed by atoms with Crippen LogP contribution in [0.25, 0.3) is 22.2 Å². The molecule has 1 aromatic heterocycles. The molecule has 0 radical (unpaired) electrons. The lowest BCUT2D eigenvalue weighted by atomic mass is 10.1. The molecule has 1 heterocycles.